The first-order valence-electron chi connectivity index (χ1n) is 11.6. The molecular weight excluding hydrogens is 507 g/mol. The average Bonchev–Trinajstić information content (AvgIpc) is 3.52. The molecule has 2 aliphatic rings. The molecular formula is C26H22F3N3O4S. The second kappa shape index (κ2) is 8.95. The zero-order valence-electron chi connectivity index (χ0n) is 19.4. The molecule has 192 valence electrons. The number of benzene rings is 3. The Balaban J connectivity index is 1.52. The molecule has 1 aliphatic carbocycles. The monoisotopic (exact) mass is 529 g/mol. The Morgan fingerprint density at radius 3 is 2.43 bits per heavy atom. The smallest absolute Gasteiger partial charge is 0.417 e. The van der Waals surface area contributed by atoms with E-state index in [0.29, 0.717) is 18.5 Å². The third kappa shape index (κ3) is 4.69. The fourth-order valence-electron chi connectivity index (χ4n) is 4.68. The van der Waals surface area contributed by atoms with E-state index in [1.807, 2.05) is 36.4 Å². The molecule has 1 saturated carbocycles. The van der Waals surface area contributed by atoms with Crippen LogP contribution in [-0.2, 0) is 20.8 Å². The van der Waals surface area contributed by atoms with Crippen LogP contribution >= 0.6 is 0 Å². The van der Waals surface area contributed by atoms with E-state index in [1.165, 1.54) is 6.07 Å². The van der Waals surface area contributed by atoms with Gasteiger partial charge in [-0.2, -0.15) is 18.4 Å². The Morgan fingerprint density at radius 2 is 1.73 bits per heavy atom. The van der Waals surface area contributed by atoms with E-state index in [0.717, 1.165) is 29.0 Å². The molecule has 3 aromatic rings. The zero-order valence-corrected chi connectivity index (χ0v) is 20.2. The molecule has 1 aliphatic heterocycles. The topological polar surface area (TPSA) is 99.5 Å². The van der Waals surface area contributed by atoms with Gasteiger partial charge in [-0.3, -0.25) is 0 Å². The number of carbonyl (C=O) groups is 1. The molecule has 0 radical (unpaired) electrons. The van der Waals surface area contributed by atoms with Gasteiger partial charge in [0.05, 0.1) is 21.8 Å². The van der Waals surface area contributed by atoms with Crippen LogP contribution in [0.25, 0.3) is 10.8 Å². The Hall–Kier alpha value is -3.78. The highest BCUT2D eigenvalue weighted by molar-refractivity contribution is 7.92. The van der Waals surface area contributed by atoms with E-state index >= 15 is 0 Å². The van der Waals surface area contributed by atoms with Crippen LogP contribution in [0.1, 0.15) is 24.8 Å². The molecule has 37 heavy (non-hydrogen) atoms. The van der Waals surface area contributed by atoms with E-state index in [-0.39, 0.29) is 13.0 Å². The van der Waals surface area contributed by atoms with Crippen LogP contribution in [0.15, 0.2) is 71.6 Å². The largest absolute Gasteiger partial charge is 0.425 e. The van der Waals surface area contributed by atoms with Crippen LogP contribution in [0.3, 0.4) is 0 Å². The number of carbonyl (C=O) groups excluding carboxylic acids is 1. The third-order valence-corrected chi connectivity index (χ3v) is 8.96. The number of fused-ring (bicyclic) bond motifs is 1. The highest BCUT2D eigenvalue weighted by atomic mass is 32.2. The maximum Gasteiger partial charge on any atom is 0.417 e. The van der Waals surface area contributed by atoms with Crippen LogP contribution < -0.4 is 10.2 Å². The van der Waals surface area contributed by atoms with E-state index in [4.69, 9.17) is 4.74 Å². The molecule has 5 rings (SSSR count). The number of rotatable bonds is 5. The number of halogens is 3. The highest BCUT2D eigenvalue weighted by Gasteiger charge is 2.48. The zero-order chi connectivity index (χ0) is 26.4. The Labute approximate surface area is 211 Å². The van der Waals surface area contributed by atoms with Gasteiger partial charge < -0.3 is 15.0 Å². The number of ether oxygens (including phenoxy) is 1. The summed E-state index contributed by atoms with van der Waals surface area (Å²) in [5.41, 5.74) is -1.66. The first kappa shape index (κ1) is 24.9. The molecule has 2 atom stereocenters. The number of amides is 1. The Bertz CT molecular complexity index is 1510. The van der Waals surface area contributed by atoms with Gasteiger partial charge >= 0.3 is 12.3 Å². The fraction of sp³-hybridized carbons (Fsp3) is 0.308. The number of sulfone groups is 1. The van der Waals surface area contributed by atoms with Gasteiger partial charge in [-0.05, 0) is 36.4 Å². The van der Waals surface area contributed by atoms with Crippen molar-refractivity contribution in [2.75, 3.05) is 11.4 Å². The summed E-state index contributed by atoms with van der Waals surface area (Å²) in [6.07, 6.45) is -6.13. The predicted octanol–water partition coefficient (Wildman–Crippen LogP) is 5.02. The normalized spacial score (nSPS) is 20.9. The Kier molecular flexibility index (Phi) is 6.02. The number of nitrogens with zero attached hydrogens (tertiary/aromatic N) is 2. The van der Waals surface area contributed by atoms with Crippen molar-refractivity contribution in [1.29, 1.82) is 5.26 Å². The molecule has 0 bridgehead atoms. The number of nitriles is 1. The van der Waals surface area contributed by atoms with Crippen molar-refractivity contribution in [2.24, 2.45) is 0 Å². The molecule has 1 amide bonds. The van der Waals surface area contributed by atoms with Crippen molar-refractivity contribution < 1.29 is 31.1 Å². The SMILES string of the molecule is N#CC1(NC(=O)OC2CC(S(=O)(=O)c3ccccc3C(F)(F)F)CN2c2cccc3ccccc23)CC1. The van der Waals surface area contributed by atoms with E-state index in [1.54, 1.807) is 17.0 Å². The summed E-state index contributed by atoms with van der Waals surface area (Å²) >= 11 is 0. The first-order valence-corrected chi connectivity index (χ1v) is 13.1. The molecule has 0 spiro atoms. The van der Waals surface area contributed by atoms with Gasteiger partial charge in [-0.1, -0.05) is 48.5 Å². The van der Waals surface area contributed by atoms with E-state index in [9.17, 15) is 31.6 Å². The van der Waals surface area contributed by atoms with Gasteiger partial charge in [0.15, 0.2) is 16.1 Å². The van der Waals surface area contributed by atoms with E-state index in [2.05, 4.69) is 5.32 Å². The van der Waals surface area contributed by atoms with Gasteiger partial charge in [0.25, 0.3) is 0 Å². The lowest BCUT2D eigenvalue weighted by atomic mass is 10.1. The molecule has 1 N–H and O–H groups in total. The van der Waals surface area contributed by atoms with Crippen LogP contribution in [0.5, 0.6) is 0 Å². The second-order valence-corrected chi connectivity index (χ2v) is 11.4. The van der Waals surface area contributed by atoms with Gasteiger partial charge in [-0.25, -0.2) is 13.2 Å². The van der Waals surface area contributed by atoms with Gasteiger partial charge in [0, 0.05) is 24.0 Å². The lowest BCUT2D eigenvalue weighted by Gasteiger charge is -2.28. The molecule has 2 unspecified atom stereocenters. The summed E-state index contributed by atoms with van der Waals surface area (Å²) in [6.45, 7) is -0.191. The van der Waals surface area contributed by atoms with Crippen molar-refractivity contribution in [2.45, 2.75) is 47.4 Å². The fourth-order valence-corrected chi connectivity index (χ4v) is 6.57. The van der Waals surface area contributed by atoms with Crippen LogP contribution in [0.4, 0.5) is 23.7 Å². The quantitative estimate of drug-likeness (QED) is 0.498. The number of anilines is 1. The summed E-state index contributed by atoms with van der Waals surface area (Å²) in [6, 6.07) is 18.8. The van der Waals surface area contributed by atoms with Crippen molar-refractivity contribution in [1.82, 2.24) is 5.32 Å². The van der Waals surface area contributed by atoms with Gasteiger partial charge in [-0.15, -0.1) is 0 Å². The van der Waals surface area contributed by atoms with Gasteiger partial charge in [0.2, 0.25) is 0 Å². The summed E-state index contributed by atoms with van der Waals surface area (Å²) in [5, 5.41) is 12.1. The standard InChI is InChI=1S/C26H22F3N3O4S/c27-26(28,29)20-9-3-4-11-22(20)37(34,35)18-14-23(36-24(33)31-25(16-30)12-13-25)32(15-18)21-10-5-7-17-6-1-2-8-19(17)21/h1-11,18,23H,12-15H2,(H,31,33). The highest BCUT2D eigenvalue weighted by Crippen LogP contribution is 2.40. The van der Waals surface area contributed by atoms with Crippen molar-refractivity contribution in [3.63, 3.8) is 0 Å². The minimum absolute atomic E-state index is 0.191. The third-order valence-electron chi connectivity index (χ3n) is 6.77. The number of alkyl halides is 3. The van der Waals surface area contributed by atoms with Crippen LogP contribution in [0, 0.1) is 11.3 Å². The van der Waals surface area contributed by atoms with E-state index < -0.39 is 49.6 Å². The summed E-state index contributed by atoms with van der Waals surface area (Å²) in [7, 11) is -4.47. The summed E-state index contributed by atoms with van der Waals surface area (Å²) < 4.78 is 73.6. The molecule has 11 heteroatoms. The minimum atomic E-state index is -4.86. The summed E-state index contributed by atoms with van der Waals surface area (Å²) in [5.74, 6) is 0. The van der Waals surface area contributed by atoms with Crippen LogP contribution in [-0.4, -0.2) is 38.1 Å². The lowest BCUT2D eigenvalue weighted by Crippen LogP contribution is -2.41. The number of alkyl carbamates (subject to hydrolysis) is 1. The molecule has 0 aromatic heterocycles. The molecule has 2 fully saturated rings. The molecule has 1 saturated heterocycles. The number of nitrogens with one attached hydrogen (secondary N) is 1. The molecule has 3 aromatic carbocycles. The number of hydrogen-bond acceptors (Lipinski definition) is 6. The van der Waals surface area contributed by atoms with Crippen molar-refractivity contribution in [3.8, 4) is 6.07 Å². The molecule has 7 nitrogen and oxygen atoms in total. The first-order chi connectivity index (χ1) is 17.5. The van der Waals surface area contributed by atoms with Gasteiger partial charge in [0.1, 0.15) is 5.54 Å². The van der Waals surface area contributed by atoms with Crippen molar-refractivity contribution >= 4 is 32.4 Å². The predicted molar refractivity (Wildman–Crippen MR) is 129 cm³/mol. The Morgan fingerprint density at radius 1 is 1.05 bits per heavy atom. The second-order valence-electron chi connectivity index (χ2n) is 9.23. The molecule has 1 heterocycles. The van der Waals surface area contributed by atoms with Crippen molar-refractivity contribution in [3.05, 3.63) is 72.3 Å². The lowest BCUT2D eigenvalue weighted by molar-refractivity contribution is -0.139. The summed E-state index contributed by atoms with van der Waals surface area (Å²) in [4.78, 5) is 13.4. The average molecular weight is 530 g/mol. The van der Waals surface area contributed by atoms with Crippen LogP contribution in [0.2, 0.25) is 0 Å². The minimum Gasteiger partial charge on any atom is -0.425 e. The number of hydrogen-bond donors (Lipinski definition) is 1. The maximum absolute atomic E-state index is 13.6. The maximum atomic E-state index is 13.6.